The molecule has 1 aliphatic carbocycles. The van der Waals surface area contributed by atoms with Crippen LogP contribution in [-0.2, 0) is 25.7 Å². The summed E-state index contributed by atoms with van der Waals surface area (Å²) in [5.74, 6) is -0.390. The van der Waals surface area contributed by atoms with E-state index in [4.69, 9.17) is 9.47 Å². The summed E-state index contributed by atoms with van der Waals surface area (Å²) in [5, 5.41) is 2.33. The molecule has 1 N–H and O–H groups in total. The van der Waals surface area contributed by atoms with Gasteiger partial charge in [-0.2, -0.15) is 0 Å². The highest BCUT2D eigenvalue weighted by Gasteiger charge is 2.42. The third-order valence-corrected chi connectivity index (χ3v) is 4.36. The van der Waals surface area contributed by atoms with Gasteiger partial charge in [-0.25, -0.2) is 4.79 Å². The van der Waals surface area contributed by atoms with E-state index in [2.05, 4.69) is 21.2 Å². The molecule has 0 heterocycles. The summed E-state index contributed by atoms with van der Waals surface area (Å²) in [6, 6.07) is 7.80. The minimum Gasteiger partial charge on any atom is -0.442 e. The second-order valence-corrected chi connectivity index (χ2v) is 6.28. The first-order chi connectivity index (χ1) is 10.7. The molecule has 5 nitrogen and oxygen atoms in total. The van der Waals surface area contributed by atoms with Crippen LogP contribution < -0.4 is 5.32 Å². The number of benzene rings is 1. The van der Waals surface area contributed by atoms with Crippen molar-refractivity contribution < 1.29 is 19.1 Å². The number of ether oxygens (including phenoxy) is 2. The summed E-state index contributed by atoms with van der Waals surface area (Å²) < 4.78 is 12.1. The van der Waals surface area contributed by atoms with E-state index in [1.807, 2.05) is 24.3 Å². The van der Waals surface area contributed by atoms with Crippen molar-refractivity contribution in [1.29, 1.82) is 0 Å². The average Bonchev–Trinajstić information content (AvgIpc) is 2.55. The summed E-state index contributed by atoms with van der Waals surface area (Å²) in [6.45, 7) is 0.245. The molecule has 1 aromatic rings. The zero-order valence-corrected chi connectivity index (χ0v) is 13.9. The Labute approximate surface area is 138 Å². The second-order valence-electron chi connectivity index (χ2n) is 5.37. The van der Waals surface area contributed by atoms with E-state index < -0.39 is 11.6 Å². The molecular weight excluding hydrogens is 350 g/mol. The van der Waals surface area contributed by atoms with Crippen LogP contribution in [0.25, 0.3) is 0 Å². The molecule has 1 fully saturated rings. The van der Waals surface area contributed by atoms with Crippen molar-refractivity contribution in [2.75, 3.05) is 6.73 Å². The lowest BCUT2D eigenvalue weighted by Crippen LogP contribution is -2.45. The normalized spacial score (nSPS) is 16.8. The molecule has 0 unspecified atom stereocenters. The third kappa shape index (κ3) is 4.55. The second kappa shape index (κ2) is 8.29. The number of rotatable bonds is 7. The van der Waals surface area contributed by atoms with Crippen molar-refractivity contribution in [3.8, 4) is 0 Å². The fourth-order valence-corrected chi connectivity index (χ4v) is 2.87. The molecule has 1 amide bonds. The molecule has 0 atom stereocenters. The number of esters is 1. The molecule has 0 aromatic heterocycles. The first kappa shape index (κ1) is 17.0. The zero-order valence-electron chi connectivity index (χ0n) is 12.3. The van der Waals surface area contributed by atoms with Crippen LogP contribution >= 0.6 is 15.9 Å². The summed E-state index contributed by atoms with van der Waals surface area (Å²) in [5.41, 5.74) is 0.113. The van der Waals surface area contributed by atoms with Crippen molar-refractivity contribution in [3.63, 3.8) is 0 Å². The van der Waals surface area contributed by atoms with Gasteiger partial charge in [0.25, 0.3) is 0 Å². The summed E-state index contributed by atoms with van der Waals surface area (Å²) >= 11 is 3.39. The van der Waals surface area contributed by atoms with Crippen molar-refractivity contribution in [3.05, 3.63) is 34.3 Å². The van der Waals surface area contributed by atoms with Gasteiger partial charge in [-0.05, 0) is 43.4 Å². The Kier molecular flexibility index (Phi) is 6.39. The highest BCUT2D eigenvalue weighted by atomic mass is 79.9. The minimum absolute atomic E-state index is 0.119. The highest BCUT2D eigenvalue weighted by molar-refractivity contribution is 9.10. The Morgan fingerprint density at radius 3 is 2.55 bits per heavy atom. The van der Waals surface area contributed by atoms with E-state index in [-0.39, 0.29) is 6.73 Å². The van der Waals surface area contributed by atoms with Gasteiger partial charge in [-0.3, -0.25) is 4.79 Å². The molecule has 6 heteroatoms. The Bertz CT molecular complexity index is 497. The van der Waals surface area contributed by atoms with Gasteiger partial charge in [0.05, 0.1) is 6.61 Å². The lowest BCUT2D eigenvalue weighted by atomic mass is 9.84. The van der Waals surface area contributed by atoms with Gasteiger partial charge < -0.3 is 14.8 Å². The number of carbonyl (C=O) groups is 2. The Hall–Kier alpha value is -1.40. The smallest absolute Gasteiger partial charge is 0.340 e. The monoisotopic (exact) mass is 369 g/mol. The van der Waals surface area contributed by atoms with Gasteiger partial charge in [0, 0.05) is 4.47 Å². The number of amides is 1. The maximum absolute atomic E-state index is 12.4. The van der Waals surface area contributed by atoms with Crippen molar-refractivity contribution in [2.45, 2.75) is 44.3 Å². The quantitative estimate of drug-likeness (QED) is 0.347. The first-order valence-corrected chi connectivity index (χ1v) is 8.18. The minimum atomic E-state index is -0.893. The SMILES string of the molecule is O=CNCOC(=O)C1(OCc2ccc(Br)cc2)CCCCC1. The van der Waals surface area contributed by atoms with Crippen LogP contribution in [0.15, 0.2) is 28.7 Å². The van der Waals surface area contributed by atoms with Crippen molar-refractivity contribution >= 4 is 28.3 Å². The van der Waals surface area contributed by atoms with Gasteiger partial charge in [0.1, 0.15) is 0 Å². The molecule has 1 aliphatic rings. The summed E-state index contributed by atoms with van der Waals surface area (Å²) in [4.78, 5) is 22.6. The van der Waals surface area contributed by atoms with Crippen LogP contribution in [0, 0.1) is 0 Å². The number of hydrogen-bond donors (Lipinski definition) is 1. The fourth-order valence-electron chi connectivity index (χ4n) is 2.61. The summed E-state index contributed by atoms with van der Waals surface area (Å²) in [7, 11) is 0. The van der Waals surface area contributed by atoms with Gasteiger partial charge in [-0.1, -0.05) is 34.5 Å². The van der Waals surface area contributed by atoms with E-state index in [1.54, 1.807) is 0 Å². The highest BCUT2D eigenvalue weighted by Crippen LogP contribution is 2.33. The van der Waals surface area contributed by atoms with E-state index >= 15 is 0 Å². The molecular formula is C16H20BrNO4. The van der Waals surface area contributed by atoms with E-state index in [1.165, 1.54) is 0 Å². The molecule has 0 aliphatic heterocycles. The fraction of sp³-hybridized carbons (Fsp3) is 0.500. The zero-order chi connectivity index (χ0) is 15.8. The van der Waals surface area contributed by atoms with Crippen LogP contribution in [0.5, 0.6) is 0 Å². The molecule has 0 spiro atoms. The van der Waals surface area contributed by atoms with Gasteiger partial charge in [-0.15, -0.1) is 0 Å². The van der Waals surface area contributed by atoms with E-state index in [0.717, 1.165) is 29.3 Å². The number of carbonyl (C=O) groups excluding carboxylic acids is 2. The molecule has 0 bridgehead atoms. The molecule has 22 heavy (non-hydrogen) atoms. The van der Waals surface area contributed by atoms with Crippen LogP contribution in [-0.4, -0.2) is 24.7 Å². The first-order valence-electron chi connectivity index (χ1n) is 7.39. The lowest BCUT2D eigenvalue weighted by molar-refractivity contribution is -0.180. The Balaban J connectivity index is 1.99. The van der Waals surface area contributed by atoms with Crippen LogP contribution in [0.4, 0.5) is 0 Å². The molecule has 2 rings (SSSR count). The van der Waals surface area contributed by atoms with Crippen molar-refractivity contribution in [1.82, 2.24) is 5.32 Å². The Morgan fingerprint density at radius 2 is 1.91 bits per heavy atom. The van der Waals surface area contributed by atoms with Crippen molar-refractivity contribution in [2.24, 2.45) is 0 Å². The number of hydrogen-bond acceptors (Lipinski definition) is 4. The maximum Gasteiger partial charge on any atom is 0.340 e. The predicted molar refractivity (Wildman–Crippen MR) is 84.9 cm³/mol. The predicted octanol–water partition coefficient (Wildman–Crippen LogP) is 2.92. The number of nitrogens with one attached hydrogen (secondary N) is 1. The summed E-state index contributed by atoms with van der Waals surface area (Å²) in [6.07, 6.45) is 4.80. The largest absolute Gasteiger partial charge is 0.442 e. The Morgan fingerprint density at radius 1 is 1.23 bits per heavy atom. The molecule has 1 saturated carbocycles. The van der Waals surface area contributed by atoms with E-state index in [0.29, 0.717) is 25.9 Å². The molecule has 1 aromatic carbocycles. The van der Waals surface area contributed by atoms with E-state index in [9.17, 15) is 9.59 Å². The van der Waals surface area contributed by atoms with Gasteiger partial charge in [0.2, 0.25) is 6.41 Å². The standard InChI is InChI=1S/C16H20BrNO4/c17-14-6-4-13(5-7-14)10-22-16(8-2-1-3-9-16)15(20)21-12-18-11-19/h4-7,11H,1-3,8-10,12H2,(H,18,19). The van der Waals surface area contributed by atoms with Crippen LogP contribution in [0.1, 0.15) is 37.7 Å². The molecule has 0 radical (unpaired) electrons. The number of halogens is 1. The average molecular weight is 370 g/mol. The topological polar surface area (TPSA) is 64.6 Å². The lowest BCUT2D eigenvalue weighted by Gasteiger charge is -2.34. The molecule has 0 saturated heterocycles. The molecule has 120 valence electrons. The third-order valence-electron chi connectivity index (χ3n) is 3.83. The van der Waals surface area contributed by atoms with Crippen LogP contribution in [0.3, 0.4) is 0 Å². The maximum atomic E-state index is 12.4. The van der Waals surface area contributed by atoms with Gasteiger partial charge >= 0.3 is 5.97 Å². The van der Waals surface area contributed by atoms with Gasteiger partial charge in [0.15, 0.2) is 12.3 Å². The van der Waals surface area contributed by atoms with Crippen LogP contribution in [0.2, 0.25) is 0 Å².